The van der Waals surface area contributed by atoms with Crippen molar-refractivity contribution in [2.24, 2.45) is 0 Å². The number of esters is 1. The van der Waals surface area contributed by atoms with Crippen molar-refractivity contribution in [2.45, 2.75) is 33.6 Å². The van der Waals surface area contributed by atoms with Crippen molar-refractivity contribution >= 4 is 23.3 Å². The summed E-state index contributed by atoms with van der Waals surface area (Å²) in [4.78, 5) is 36.1. The number of benzene rings is 2. The van der Waals surface area contributed by atoms with Crippen LogP contribution in [0.3, 0.4) is 0 Å². The number of ketones is 1. The second kappa shape index (κ2) is 9.69. The first-order valence-electron chi connectivity index (χ1n) is 9.00. The summed E-state index contributed by atoms with van der Waals surface area (Å²) in [6, 6.07) is 10.8. The van der Waals surface area contributed by atoms with E-state index in [4.69, 9.17) is 9.47 Å². The highest BCUT2D eigenvalue weighted by Gasteiger charge is 2.13. The highest BCUT2D eigenvalue weighted by Crippen LogP contribution is 2.25. The Morgan fingerprint density at radius 2 is 1.68 bits per heavy atom. The standard InChI is InChI=1S/C22H25NO5/c1-14-5-9-20(27-4)18(11-14)23-21(25)13-28-22(26)10-8-19(24)17-7-6-15(2)16(3)12-17/h5-7,9,11-12H,8,10,13H2,1-4H3,(H,23,25). The number of ether oxygens (including phenoxy) is 2. The van der Waals surface area contributed by atoms with Gasteiger partial charge in [0.2, 0.25) is 0 Å². The van der Waals surface area contributed by atoms with Crippen molar-refractivity contribution in [1.29, 1.82) is 0 Å². The van der Waals surface area contributed by atoms with Gasteiger partial charge in [-0.25, -0.2) is 0 Å². The molecule has 28 heavy (non-hydrogen) atoms. The Morgan fingerprint density at radius 3 is 2.36 bits per heavy atom. The summed E-state index contributed by atoms with van der Waals surface area (Å²) in [5, 5.41) is 2.65. The maximum absolute atomic E-state index is 12.2. The van der Waals surface area contributed by atoms with Gasteiger partial charge in [0.1, 0.15) is 5.75 Å². The van der Waals surface area contributed by atoms with E-state index in [9.17, 15) is 14.4 Å². The summed E-state index contributed by atoms with van der Waals surface area (Å²) in [6.45, 7) is 5.37. The van der Waals surface area contributed by atoms with Crippen molar-refractivity contribution in [2.75, 3.05) is 19.0 Å². The third-order valence-electron chi connectivity index (χ3n) is 4.38. The predicted octanol–water partition coefficient (Wildman–Crippen LogP) is 3.77. The Labute approximate surface area is 164 Å². The molecule has 0 bridgehead atoms. The lowest BCUT2D eigenvalue weighted by Crippen LogP contribution is -2.21. The van der Waals surface area contributed by atoms with Crippen LogP contribution in [-0.4, -0.2) is 31.4 Å². The fraction of sp³-hybridized carbons (Fsp3) is 0.318. The van der Waals surface area contributed by atoms with Crippen LogP contribution in [0, 0.1) is 20.8 Å². The quantitative estimate of drug-likeness (QED) is 0.554. The number of carbonyl (C=O) groups is 3. The molecule has 0 aromatic heterocycles. The molecular formula is C22H25NO5. The van der Waals surface area contributed by atoms with Gasteiger partial charge in [0.15, 0.2) is 12.4 Å². The Morgan fingerprint density at radius 1 is 0.929 bits per heavy atom. The Hall–Kier alpha value is -3.15. The van der Waals surface area contributed by atoms with E-state index in [1.165, 1.54) is 7.11 Å². The third kappa shape index (κ3) is 5.94. The molecule has 0 radical (unpaired) electrons. The minimum absolute atomic E-state index is 0.0364. The zero-order chi connectivity index (χ0) is 20.7. The molecule has 0 spiro atoms. The van der Waals surface area contributed by atoms with E-state index >= 15 is 0 Å². The van der Waals surface area contributed by atoms with Crippen LogP contribution in [0.4, 0.5) is 5.69 Å². The number of Topliss-reactive ketones (excluding diaryl/α,β-unsaturated/α-hetero) is 1. The molecule has 0 fully saturated rings. The highest BCUT2D eigenvalue weighted by atomic mass is 16.5. The fourth-order valence-corrected chi connectivity index (χ4v) is 2.60. The van der Waals surface area contributed by atoms with Gasteiger partial charge in [0.05, 0.1) is 19.2 Å². The van der Waals surface area contributed by atoms with Crippen LogP contribution in [0.5, 0.6) is 5.75 Å². The Kier molecular flexibility index (Phi) is 7.32. The number of amides is 1. The van der Waals surface area contributed by atoms with Crippen molar-refractivity contribution in [3.63, 3.8) is 0 Å². The van der Waals surface area contributed by atoms with Crippen LogP contribution < -0.4 is 10.1 Å². The molecule has 0 heterocycles. The summed E-state index contributed by atoms with van der Waals surface area (Å²) >= 11 is 0. The van der Waals surface area contributed by atoms with Gasteiger partial charge in [-0.3, -0.25) is 14.4 Å². The molecule has 1 N–H and O–H groups in total. The van der Waals surface area contributed by atoms with Gasteiger partial charge in [-0.15, -0.1) is 0 Å². The average molecular weight is 383 g/mol. The number of anilines is 1. The van der Waals surface area contributed by atoms with Gasteiger partial charge < -0.3 is 14.8 Å². The first kappa shape index (κ1) is 21.2. The lowest BCUT2D eigenvalue weighted by molar-refractivity contribution is -0.147. The number of carbonyl (C=O) groups excluding carboxylic acids is 3. The van der Waals surface area contributed by atoms with Crippen molar-refractivity contribution in [3.05, 3.63) is 58.7 Å². The van der Waals surface area contributed by atoms with Crippen LogP contribution in [0.25, 0.3) is 0 Å². The number of methoxy groups -OCH3 is 1. The molecule has 0 saturated carbocycles. The number of hydrogen-bond acceptors (Lipinski definition) is 5. The van der Waals surface area contributed by atoms with E-state index in [1.54, 1.807) is 18.2 Å². The second-order valence-electron chi connectivity index (χ2n) is 6.63. The molecule has 1 amide bonds. The van der Waals surface area contributed by atoms with Crippen LogP contribution in [0.15, 0.2) is 36.4 Å². The van der Waals surface area contributed by atoms with Crippen LogP contribution in [0.2, 0.25) is 0 Å². The van der Waals surface area contributed by atoms with Crippen LogP contribution in [-0.2, 0) is 14.3 Å². The minimum atomic E-state index is -0.594. The zero-order valence-electron chi connectivity index (χ0n) is 16.6. The number of nitrogens with one attached hydrogen (secondary N) is 1. The minimum Gasteiger partial charge on any atom is -0.495 e. The maximum atomic E-state index is 12.2. The molecule has 0 aliphatic rings. The molecular weight excluding hydrogens is 358 g/mol. The molecule has 2 rings (SSSR count). The second-order valence-corrected chi connectivity index (χ2v) is 6.63. The van der Waals surface area contributed by atoms with Crippen molar-refractivity contribution in [3.8, 4) is 5.75 Å². The number of rotatable bonds is 8. The van der Waals surface area contributed by atoms with Gasteiger partial charge in [-0.1, -0.05) is 18.2 Å². The lowest BCUT2D eigenvalue weighted by atomic mass is 10.0. The van der Waals surface area contributed by atoms with E-state index < -0.39 is 18.5 Å². The smallest absolute Gasteiger partial charge is 0.306 e. The summed E-state index contributed by atoms with van der Waals surface area (Å²) in [7, 11) is 1.51. The van der Waals surface area contributed by atoms with Crippen molar-refractivity contribution < 1.29 is 23.9 Å². The van der Waals surface area contributed by atoms with E-state index in [2.05, 4.69) is 5.32 Å². The van der Waals surface area contributed by atoms with E-state index in [0.717, 1.165) is 16.7 Å². The largest absolute Gasteiger partial charge is 0.495 e. The van der Waals surface area contributed by atoms with Gasteiger partial charge in [-0.2, -0.15) is 0 Å². The van der Waals surface area contributed by atoms with E-state index in [-0.39, 0.29) is 18.6 Å². The molecule has 0 saturated heterocycles. The summed E-state index contributed by atoms with van der Waals surface area (Å²) in [6.07, 6.45) is -0.0402. The van der Waals surface area contributed by atoms with Crippen LogP contribution >= 0.6 is 0 Å². The number of hydrogen-bond donors (Lipinski definition) is 1. The molecule has 2 aromatic rings. The van der Waals surface area contributed by atoms with E-state index in [0.29, 0.717) is 17.0 Å². The van der Waals surface area contributed by atoms with Crippen LogP contribution in [0.1, 0.15) is 39.9 Å². The average Bonchev–Trinajstić information content (AvgIpc) is 2.66. The maximum Gasteiger partial charge on any atom is 0.306 e. The zero-order valence-corrected chi connectivity index (χ0v) is 16.6. The van der Waals surface area contributed by atoms with Gasteiger partial charge >= 0.3 is 5.97 Å². The molecule has 148 valence electrons. The van der Waals surface area contributed by atoms with E-state index in [1.807, 2.05) is 39.0 Å². The molecule has 0 aliphatic carbocycles. The topological polar surface area (TPSA) is 81.7 Å². The summed E-state index contributed by atoms with van der Waals surface area (Å²) in [5.74, 6) is -0.681. The van der Waals surface area contributed by atoms with Gasteiger partial charge in [0.25, 0.3) is 5.91 Å². The van der Waals surface area contributed by atoms with Gasteiger partial charge in [0, 0.05) is 12.0 Å². The molecule has 0 aliphatic heterocycles. The number of aryl methyl sites for hydroxylation is 3. The Balaban J connectivity index is 1.80. The van der Waals surface area contributed by atoms with Gasteiger partial charge in [-0.05, 0) is 55.7 Å². The normalized spacial score (nSPS) is 10.3. The fourth-order valence-electron chi connectivity index (χ4n) is 2.60. The monoisotopic (exact) mass is 383 g/mol. The Bertz CT molecular complexity index is 888. The predicted molar refractivity (Wildman–Crippen MR) is 107 cm³/mol. The highest BCUT2D eigenvalue weighted by molar-refractivity contribution is 5.98. The molecule has 6 heteroatoms. The molecule has 0 unspecified atom stereocenters. The third-order valence-corrected chi connectivity index (χ3v) is 4.38. The summed E-state index contributed by atoms with van der Waals surface area (Å²) in [5.41, 5.74) is 4.16. The molecule has 2 aromatic carbocycles. The first-order valence-corrected chi connectivity index (χ1v) is 9.00. The lowest BCUT2D eigenvalue weighted by Gasteiger charge is -2.11. The first-order chi connectivity index (χ1) is 13.3. The summed E-state index contributed by atoms with van der Waals surface area (Å²) < 4.78 is 10.2. The molecule has 0 atom stereocenters. The van der Waals surface area contributed by atoms with Crippen molar-refractivity contribution in [1.82, 2.24) is 0 Å². The SMILES string of the molecule is COc1ccc(C)cc1NC(=O)COC(=O)CCC(=O)c1ccc(C)c(C)c1. The molecule has 6 nitrogen and oxygen atoms in total.